The van der Waals surface area contributed by atoms with Crippen LogP contribution in [-0.4, -0.2) is 23.9 Å². The van der Waals surface area contributed by atoms with E-state index in [0.29, 0.717) is 0 Å². The van der Waals surface area contributed by atoms with Crippen LogP contribution in [0.5, 0.6) is 0 Å². The predicted octanol–water partition coefficient (Wildman–Crippen LogP) is 4.67. The van der Waals surface area contributed by atoms with E-state index >= 15 is 0 Å². The van der Waals surface area contributed by atoms with Gasteiger partial charge in [-0.25, -0.2) is 0 Å². The number of para-hydroxylation sites is 1. The fourth-order valence-corrected chi connectivity index (χ4v) is 5.09. The molecular formula is C19H21ClN2OS. The number of fused-ring (bicyclic) bond motifs is 2. The maximum atomic E-state index is 12.1. The van der Waals surface area contributed by atoms with E-state index in [2.05, 4.69) is 22.3 Å². The Balaban J connectivity index is 1.26. The molecule has 0 saturated carbocycles. The molecule has 3 nitrogen and oxygen atoms in total. The lowest BCUT2D eigenvalue weighted by Crippen LogP contribution is -2.30. The first-order valence-electron chi connectivity index (χ1n) is 8.60. The van der Waals surface area contributed by atoms with E-state index < -0.39 is 0 Å². The summed E-state index contributed by atoms with van der Waals surface area (Å²) in [6.07, 6.45) is 4.27. The molecule has 1 N–H and O–H groups in total. The zero-order valence-electron chi connectivity index (χ0n) is 13.6. The molecular weight excluding hydrogens is 340 g/mol. The molecule has 0 aliphatic carbocycles. The first kappa shape index (κ1) is 16.1. The largest absolute Gasteiger partial charge is 0.325 e. The van der Waals surface area contributed by atoms with Crippen LogP contribution in [0.3, 0.4) is 0 Å². The molecule has 1 amide bonds. The van der Waals surface area contributed by atoms with Crippen LogP contribution < -0.4 is 5.32 Å². The van der Waals surface area contributed by atoms with Gasteiger partial charge >= 0.3 is 0 Å². The van der Waals surface area contributed by atoms with Gasteiger partial charge in [0.2, 0.25) is 5.91 Å². The first-order valence-corrected chi connectivity index (χ1v) is 9.79. The lowest BCUT2D eigenvalue weighted by Gasteiger charge is -2.26. The van der Waals surface area contributed by atoms with Gasteiger partial charge in [-0.15, -0.1) is 11.3 Å². The van der Waals surface area contributed by atoms with E-state index in [1.807, 2.05) is 18.2 Å². The van der Waals surface area contributed by atoms with Gasteiger partial charge in [0.05, 0.1) is 10.3 Å². The third-order valence-electron chi connectivity index (χ3n) is 5.04. The summed E-state index contributed by atoms with van der Waals surface area (Å²) >= 11 is 7.84. The highest BCUT2D eigenvalue weighted by Gasteiger charge is 2.29. The van der Waals surface area contributed by atoms with Crippen molar-refractivity contribution in [2.75, 3.05) is 18.4 Å². The topological polar surface area (TPSA) is 32.3 Å². The molecule has 1 aromatic heterocycles. The maximum absolute atomic E-state index is 12.1. The van der Waals surface area contributed by atoms with Gasteiger partial charge in [0.1, 0.15) is 0 Å². The minimum Gasteiger partial charge on any atom is -0.325 e. The number of anilines is 1. The Morgan fingerprint density at radius 1 is 1.29 bits per heavy atom. The van der Waals surface area contributed by atoms with Crippen LogP contribution in [0.1, 0.15) is 41.2 Å². The van der Waals surface area contributed by atoms with Crippen molar-refractivity contribution < 1.29 is 4.79 Å². The number of nitrogens with zero attached hydrogens (tertiary/aromatic N) is 1. The normalized spacial score (nSPS) is 19.9. The van der Waals surface area contributed by atoms with Crippen molar-refractivity contribution in [3.63, 3.8) is 0 Å². The monoisotopic (exact) mass is 360 g/mol. The highest BCUT2D eigenvalue weighted by Crippen LogP contribution is 2.35. The van der Waals surface area contributed by atoms with Crippen LogP contribution in [0, 0.1) is 0 Å². The standard InChI is InChI=1S/C19H21ClN2OS/c20-18-11-13-12-22(10-8-17(13)24-18)9-4-3-6-15-14-5-1-2-7-16(14)21-19(15)23/h1-2,5,7,11,15H,3-4,6,8-10,12H2,(H,21,23). The molecule has 2 aromatic rings. The minimum absolute atomic E-state index is 0.0323. The smallest absolute Gasteiger partial charge is 0.232 e. The van der Waals surface area contributed by atoms with Crippen molar-refractivity contribution >= 4 is 34.5 Å². The van der Waals surface area contributed by atoms with Gasteiger partial charge in [-0.05, 0) is 49.1 Å². The lowest BCUT2D eigenvalue weighted by molar-refractivity contribution is -0.117. The molecule has 1 aromatic carbocycles. The summed E-state index contributed by atoms with van der Waals surface area (Å²) in [5, 5.41) is 2.99. The number of hydrogen-bond donors (Lipinski definition) is 1. The van der Waals surface area contributed by atoms with Gasteiger partial charge in [0.15, 0.2) is 0 Å². The van der Waals surface area contributed by atoms with Gasteiger partial charge in [0, 0.05) is 23.7 Å². The molecule has 2 aliphatic heterocycles. The number of unbranched alkanes of at least 4 members (excludes halogenated alkanes) is 1. The molecule has 1 unspecified atom stereocenters. The molecule has 0 radical (unpaired) electrons. The molecule has 5 heteroatoms. The lowest BCUT2D eigenvalue weighted by atomic mass is 9.95. The number of benzene rings is 1. The highest BCUT2D eigenvalue weighted by atomic mass is 35.5. The predicted molar refractivity (Wildman–Crippen MR) is 100.0 cm³/mol. The number of thiophene rings is 1. The van der Waals surface area contributed by atoms with Gasteiger partial charge in [0.25, 0.3) is 0 Å². The van der Waals surface area contributed by atoms with Crippen LogP contribution in [-0.2, 0) is 17.8 Å². The summed E-state index contributed by atoms with van der Waals surface area (Å²) in [4.78, 5) is 16.1. The second-order valence-electron chi connectivity index (χ2n) is 6.65. The Hall–Kier alpha value is -1.36. The number of amides is 1. The molecule has 1 atom stereocenters. The van der Waals surface area contributed by atoms with Crippen LogP contribution in [0.25, 0.3) is 0 Å². The summed E-state index contributed by atoms with van der Waals surface area (Å²) in [5.74, 6) is 0.191. The van der Waals surface area contributed by atoms with E-state index in [1.165, 1.54) is 10.4 Å². The summed E-state index contributed by atoms with van der Waals surface area (Å²) in [7, 11) is 0. The fraction of sp³-hybridized carbons (Fsp3) is 0.421. The third kappa shape index (κ3) is 3.23. The van der Waals surface area contributed by atoms with Gasteiger partial charge in [-0.1, -0.05) is 36.2 Å². The number of nitrogens with one attached hydrogen (secondary N) is 1. The second-order valence-corrected chi connectivity index (χ2v) is 8.42. The zero-order chi connectivity index (χ0) is 16.5. The summed E-state index contributed by atoms with van der Waals surface area (Å²) < 4.78 is 0.910. The van der Waals surface area contributed by atoms with Gasteiger partial charge in [-0.3, -0.25) is 9.69 Å². The number of carbonyl (C=O) groups excluding carboxylic acids is 1. The van der Waals surface area contributed by atoms with E-state index in [9.17, 15) is 4.79 Å². The second kappa shape index (κ2) is 6.87. The Morgan fingerprint density at radius 3 is 3.08 bits per heavy atom. The number of hydrogen-bond acceptors (Lipinski definition) is 3. The van der Waals surface area contributed by atoms with Gasteiger partial charge < -0.3 is 5.32 Å². The molecule has 0 fully saturated rings. The first-order chi connectivity index (χ1) is 11.7. The molecule has 3 heterocycles. The Kier molecular flexibility index (Phi) is 4.61. The van der Waals surface area contributed by atoms with Crippen LogP contribution >= 0.6 is 22.9 Å². The molecule has 0 saturated heterocycles. The van der Waals surface area contributed by atoms with Crippen molar-refractivity contribution in [2.24, 2.45) is 0 Å². The average Bonchev–Trinajstić information content (AvgIpc) is 3.09. The van der Waals surface area contributed by atoms with E-state index in [1.54, 1.807) is 11.3 Å². The van der Waals surface area contributed by atoms with Crippen molar-refractivity contribution in [2.45, 2.75) is 38.1 Å². The molecule has 2 aliphatic rings. The average molecular weight is 361 g/mol. The summed E-state index contributed by atoms with van der Waals surface area (Å²) in [5.41, 5.74) is 3.56. The molecule has 0 spiro atoms. The SMILES string of the molecule is O=C1Nc2ccccc2C1CCCCN1CCc2sc(Cl)cc2C1. The minimum atomic E-state index is 0.0323. The van der Waals surface area contributed by atoms with E-state index in [-0.39, 0.29) is 11.8 Å². The highest BCUT2D eigenvalue weighted by molar-refractivity contribution is 7.16. The van der Waals surface area contributed by atoms with Crippen molar-refractivity contribution in [3.8, 4) is 0 Å². The Bertz CT molecular complexity index is 758. The van der Waals surface area contributed by atoms with Crippen molar-refractivity contribution in [1.82, 2.24) is 4.90 Å². The number of halogens is 1. The zero-order valence-corrected chi connectivity index (χ0v) is 15.1. The third-order valence-corrected chi connectivity index (χ3v) is 6.41. The fourth-order valence-electron chi connectivity index (χ4n) is 3.79. The van der Waals surface area contributed by atoms with Gasteiger partial charge in [-0.2, -0.15) is 0 Å². The van der Waals surface area contributed by atoms with Crippen LogP contribution in [0.4, 0.5) is 5.69 Å². The molecule has 0 bridgehead atoms. The molecule has 126 valence electrons. The van der Waals surface area contributed by atoms with E-state index in [4.69, 9.17) is 11.6 Å². The Morgan fingerprint density at radius 2 is 2.17 bits per heavy atom. The number of rotatable bonds is 5. The number of carbonyl (C=O) groups is 1. The van der Waals surface area contributed by atoms with Crippen LogP contribution in [0.15, 0.2) is 30.3 Å². The Labute approximate surface area is 151 Å². The maximum Gasteiger partial charge on any atom is 0.232 e. The van der Waals surface area contributed by atoms with E-state index in [0.717, 1.165) is 60.9 Å². The molecule has 4 rings (SSSR count). The van der Waals surface area contributed by atoms with Crippen LogP contribution in [0.2, 0.25) is 4.34 Å². The quantitative estimate of drug-likeness (QED) is 0.786. The molecule has 24 heavy (non-hydrogen) atoms. The summed E-state index contributed by atoms with van der Waals surface area (Å²) in [6, 6.07) is 10.2. The summed E-state index contributed by atoms with van der Waals surface area (Å²) in [6.45, 7) is 3.24. The van der Waals surface area contributed by atoms with Crippen molar-refractivity contribution in [3.05, 3.63) is 50.7 Å². The van der Waals surface area contributed by atoms with Crippen molar-refractivity contribution in [1.29, 1.82) is 0 Å².